The Morgan fingerprint density at radius 3 is 2.65 bits per heavy atom. The van der Waals surface area contributed by atoms with Gasteiger partial charge >= 0.3 is 6.18 Å². The van der Waals surface area contributed by atoms with Gasteiger partial charge < -0.3 is 4.90 Å². The summed E-state index contributed by atoms with van der Waals surface area (Å²) in [5.74, 6) is 0.267. The van der Waals surface area contributed by atoms with Crippen molar-refractivity contribution in [1.29, 1.82) is 0 Å². The van der Waals surface area contributed by atoms with Crippen LogP contribution in [0.25, 0.3) is 10.9 Å². The summed E-state index contributed by atoms with van der Waals surface area (Å²) in [5.41, 5.74) is 0.931. The fourth-order valence-corrected chi connectivity index (χ4v) is 1.91. The second-order valence-corrected chi connectivity index (χ2v) is 4.50. The van der Waals surface area contributed by atoms with Crippen LogP contribution in [-0.2, 0) is 0 Å². The molecule has 0 fully saturated rings. The Balaban J connectivity index is 2.34. The first-order valence-corrected chi connectivity index (χ1v) is 6.03. The van der Waals surface area contributed by atoms with Gasteiger partial charge in [0.05, 0.1) is 17.5 Å². The average molecular weight is 282 g/mol. The van der Waals surface area contributed by atoms with Crippen LogP contribution in [0.3, 0.4) is 0 Å². The lowest BCUT2D eigenvalue weighted by molar-refractivity contribution is -0.132. The third-order valence-corrected chi connectivity index (χ3v) is 2.95. The molecule has 0 saturated heterocycles. The van der Waals surface area contributed by atoms with Crippen LogP contribution in [0.5, 0.6) is 0 Å². The minimum Gasteiger partial charge on any atom is -0.359 e. The van der Waals surface area contributed by atoms with Crippen molar-refractivity contribution >= 4 is 23.0 Å². The van der Waals surface area contributed by atoms with E-state index in [1.54, 1.807) is 24.3 Å². The van der Waals surface area contributed by atoms with E-state index >= 15 is 0 Å². The lowest BCUT2D eigenvalue weighted by atomic mass is 10.1. The normalized spacial score (nSPS) is 11.6. The molecule has 0 bridgehead atoms. The summed E-state index contributed by atoms with van der Waals surface area (Å²) in [6.45, 7) is -0.240. The molecular weight excluding hydrogens is 269 g/mol. The Morgan fingerprint density at radius 2 is 2.00 bits per heavy atom. The summed E-state index contributed by atoms with van der Waals surface area (Å²) in [7, 11) is 1.50. The number of alkyl halides is 3. The molecule has 0 radical (unpaired) electrons. The van der Waals surface area contributed by atoms with Gasteiger partial charge in [0.1, 0.15) is 5.82 Å². The van der Waals surface area contributed by atoms with Crippen molar-refractivity contribution < 1.29 is 18.0 Å². The van der Waals surface area contributed by atoms with E-state index in [-0.39, 0.29) is 17.9 Å². The van der Waals surface area contributed by atoms with Gasteiger partial charge in [-0.25, -0.2) is 4.98 Å². The lowest BCUT2D eigenvalue weighted by Crippen LogP contribution is -2.25. The van der Waals surface area contributed by atoms with Gasteiger partial charge in [-0.3, -0.25) is 4.79 Å². The second-order valence-electron chi connectivity index (χ2n) is 4.50. The van der Waals surface area contributed by atoms with Gasteiger partial charge in [-0.15, -0.1) is 0 Å². The fraction of sp³-hybridized carbons (Fsp3) is 0.286. The number of carbonyl (C=O) groups excluding carboxylic acids is 1. The largest absolute Gasteiger partial charge is 0.390 e. The molecule has 0 amide bonds. The minimum atomic E-state index is -4.23. The van der Waals surface area contributed by atoms with Gasteiger partial charge in [-0.2, -0.15) is 13.2 Å². The first-order chi connectivity index (χ1) is 9.40. The van der Waals surface area contributed by atoms with Crippen molar-refractivity contribution in [1.82, 2.24) is 4.98 Å². The maximum absolute atomic E-state index is 12.3. The molecule has 0 aliphatic rings. The summed E-state index contributed by atoms with van der Waals surface area (Å²) < 4.78 is 36.8. The Morgan fingerprint density at radius 1 is 1.30 bits per heavy atom. The van der Waals surface area contributed by atoms with Gasteiger partial charge in [0.15, 0.2) is 6.29 Å². The molecule has 0 spiro atoms. The van der Waals surface area contributed by atoms with E-state index in [4.69, 9.17) is 0 Å². The molecule has 2 rings (SSSR count). The van der Waals surface area contributed by atoms with Crippen molar-refractivity contribution in [2.24, 2.45) is 0 Å². The van der Waals surface area contributed by atoms with Crippen molar-refractivity contribution in [3.05, 3.63) is 35.9 Å². The van der Waals surface area contributed by atoms with Crippen molar-refractivity contribution in [2.75, 3.05) is 18.5 Å². The van der Waals surface area contributed by atoms with Crippen LogP contribution in [-0.4, -0.2) is 31.0 Å². The minimum absolute atomic E-state index is 0.240. The number of fused-ring (bicyclic) bond motifs is 1. The predicted octanol–water partition coefficient (Wildman–Crippen LogP) is 3.44. The number of anilines is 1. The van der Waals surface area contributed by atoms with Crippen LogP contribution in [0, 0.1) is 0 Å². The predicted molar refractivity (Wildman–Crippen MR) is 71.1 cm³/mol. The monoisotopic (exact) mass is 282 g/mol. The molecule has 1 aromatic heterocycles. The number of aldehydes is 1. The Labute approximate surface area is 114 Å². The van der Waals surface area contributed by atoms with Crippen molar-refractivity contribution in [2.45, 2.75) is 12.6 Å². The quantitative estimate of drug-likeness (QED) is 0.805. The standard InChI is InChI=1S/C14H13F3N2O/c1-19(7-6-14(15,16)17)13-11(9-20)8-10-4-2-3-5-12(10)18-13/h2-5,8-9H,6-7H2,1H3. The molecule has 0 N–H and O–H groups in total. The summed E-state index contributed by atoms with van der Waals surface area (Å²) in [6.07, 6.45) is -4.57. The first-order valence-electron chi connectivity index (χ1n) is 6.03. The molecule has 0 saturated carbocycles. The fourth-order valence-electron chi connectivity index (χ4n) is 1.91. The van der Waals surface area contributed by atoms with Crippen molar-refractivity contribution in [3.8, 4) is 0 Å². The number of hydrogen-bond donors (Lipinski definition) is 0. The molecule has 0 atom stereocenters. The molecule has 1 aromatic carbocycles. The van der Waals surface area contributed by atoms with Crippen LogP contribution in [0.1, 0.15) is 16.8 Å². The number of para-hydroxylation sites is 1. The van der Waals surface area contributed by atoms with Gasteiger partial charge in [0.2, 0.25) is 0 Å². The Kier molecular flexibility index (Phi) is 3.92. The van der Waals surface area contributed by atoms with Crippen LogP contribution >= 0.6 is 0 Å². The Hall–Kier alpha value is -2.11. The molecule has 20 heavy (non-hydrogen) atoms. The molecule has 0 unspecified atom stereocenters. The van der Waals surface area contributed by atoms with E-state index in [0.717, 1.165) is 5.39 Å². The third-order valence-electron chi connectivity index (χ3n) is 2.95. The highest BCUT2D eigenvalue weighted by molar-refractivity contribution is 5.91. The van der Waals surface area contributed by atoms with E-state index < -0.39 is 12.6 Å². The summed E-state index contributed by atoms with van der Waals surface area (Å²) in [4.78, 5) is 16.7. The number of carbonyl (C=O) groups is 1. The highest BCUT2D eigenvalue weighted by Crippen LogP contribution is 2.24. The molecule has 3 nitrogen and oxygen atoms in total. The smallest absolute Gasteiger partial charge is 0.359 e. The molecule has 6 heteroatoms. The van der Waals surface area contributed by atoms with Gasteiger partial charge in [-0.1, -0.05) is 18.2 Å². The highest BCUT2D eigenvalue weighted by atomic mass is 19.4. The maximum atomic E-state index is 12.3. The molecule has 106 valence electrons. The van der Waals surface area contributed by atoms with Crippen LogP contribution < -0.4 is 4.90 Å². The number of hydrogen-bond acceptors (Lipinski definition) is 3. The molecule has 0 aliphatic heterocycles. The number of aromatic nitrogens is 1. The van der Waals surface area contributed by atoms with E-state index in [2.05, 4.69) is 4.98 Å². The highest BCUT2D eigenvalue weighted by Gasteiger charge is 2.27. The zero-order valence-electron chi connectivity index (χ0n) is 10.8. The van der Waals surface area contributed by atoms with Crippen molar-refractivity contribution in [3.63, 3.8) is 0 Å². The molecular formula is C14H13F3N2O. The van der Waals surface area contributed by atoms with E-state index in [1.807, 2.05) is 6.07 Å². The summed E-state index contributed by atoms with van der Waals surface area (Å²) in [5, 5.41) is 0.780. The number of pyridine rings is 1. The van der Waals surface area contributed by atoms with E-state index in [9.17, 15) is 18.0 Å². The van der Waals surface area contributed by atoms with E-state index in [1.165, 1.54) is 11.9 Å². The van der Waals surface area contributed by atoms with E-state index in [0.29, 0.717) is 11.8 Å². The number of nitrogens with zero attached hydrogens (tertiary/aromatic N) is 2. The average Bonchev–Trinajstić information content (AvgIpc) is 2.42. The van der Waals surface area contributed by atoms with Crippen LogP contribution in [0.2, 0.25) is 0 Å². The van der Waals surface area contributed by atoms with Gasteiger partial charge in [0, 0.05) is 19.0 Å². The summed E-state index contributed by atoms with van der Waals surface area (Å²) in [6, 6.07) is 8.79. The van der Waals surface area contributed by atoms with Gasteiger partial charge in [-0.05, 0) is 12.1 Å². The van der Waals surface area contributed by atoms with Crippen LogP contribution in [0.15, 0.2) is 30.3 Å². The summed E-state index contributed by atoms with van der Waals surface area (Å²) >= 11 is 0. The third kappa shape index (κ3) is 3.26. The topological polar surface area (TPSA) is 33.2 Å². The SMILES string of the molecule is CN(CCC(F)(F)F)c1nc2ccccc2cc1C=O. The number of rotatable bonds is 4. The second kappa shape index (κ2) is 5.48. The molecule has 0 aliphatic carbocycles. The lowest BCUT2D eigenvalue weighted by Gasteiger charge is -2.21. The van der Waals surface area contributed by atoms with Crippen LogP contribution in [0.4, 0.5) is 19.0 Å². The number of halogens is 3. The first kappa shape index (κ1) is 14.3. The molecule has 2 aromatic rings. The zero-order valence-corrected chi connectivity index (χ0v) is 10.8. The van der Waals surface area contributed by atoms with Gasteiger partial charge in [0.25, 0.3) is 0 Å². The zero-order chi connectivity index (χ0) is 14.8. The Bertz CT molecular complexity index is 625. The molecule has 1 heterocycles. The maximum Gasteiger partial charge on any atom is 0.390 e. The number of benzene rings is 1.